The Hall–Kier alpha value is -1.80. The fourth-order valence-corrected chi connectivity index (χ4v) is 1.66. The van der Waals surface area contributed by atoms with Gasteiger partial charge in [-0.15, -0.1) is 0 Å². The number of nitrogens with two attached hydrogens (primary N) is 1. The van der Waals surface area contributed by atoms with Gasteiger partial charge in [-0.1, -0.05) is 13.8 Å². The molecule has 1 aromatic heterocycles. The summed E-state index contributed by atoms with van der Waals surface area (Å²) in [7, 11) is 0. The lowest BCUT2D eigenvalue weighted by atomic mass is 10.2. The maximum absolute atomic E-state index is 12.2. The van der Waals surface area contributed by atoms with Crippen molar-refractivity contribution in [2.24, 2.45) is 11.7 Å². The summed E-state index contributed by atoms with van der Waals surface area (Å²) < 4.78 is 5.34. The van der Waals surface area contributed by atoms with Crippen molar-refractivity contribution < 1.29 is 9.21 Å². The number of rotatable bonds is 6. The first-order valence-corrected chi connectivity index (χ1v) is 6.03. The summed E-state index contributed by atoms with van der Waals surface area (Å²) in [6, 6.07) is 5.38. The molecule has 1 rings (SSSR count). The average molecular weight is 249 g/mol. The van der Waals surface area contributed by atoms with Crippen molar-refractivity contribution in [2.75, 3.05) is 13.1 Å². The van der Waals surface area contributed by atoms with E-state index in [1.165, 1.54) is 0 Å². The number of hydrogen-bond acceptors (Lipinski definition) is 4. The lowest BCUT2D eigenvalue weighted by Crippen LogP contribution is -2.34. The molecule has 0 bridgehead atoms. The highest BCUT2D eigenvalue weighted by Gasteiger charge is 2.19. The maximum atomic E-state index is 12.2. The molecule has 0 atom stereocenters. The van der Waals surface area contributed by atoms with Crippen LogP contribution in [0, 0.1) is 17.2 Å². The van der Waals surface area contributed by atoms with E-state index in [9.17, 15) is 4.79 Å². The molecule has 2 N–H and O–H groups in total. The summed E-state index contributed by atoms with van der Waals surface area (Å²) in [5.41, 5.74) is 5.44. The Labute approximate surface area is 107 Å². The van der Waals surface area contributed by atoms with Gasteiger partial charge in [0.05, 0.1) is 19.0 Å². The molecule has 18 heavy (non-hydrogen) atoms. The molecule has 1 aromatic rings. The van der Waals surface area contributed by atoms with Crippen molar-refractivity contribution in [2.45, 2.75) is 26.8 Å². The number of nitriles is 1. The monoisotopic (exact) mass is 249 g/mol. The Kier molecular flexibility index (Phi) is 5.40. The van der Waals surface area contributed by atoms with Crippen LogP contribution in [0.25, 0.3) is 0 Å². The number of hydrogen-bond donors (Lipinski definition) is 1. The van der Waals surface area contributed by atoms with Crippen LogP contribution in [0.5, 0.6) is 0 Å². The van der Waals surface area contributed by atoms with Crippen LogP contribution >= 0.6 is 0 Å². The molecule has 5 heteroatoms. The zero-order valence-electron chi connectivity index (χ0n) is 10.8. The molecule has 0 saturated heterocycles. The standard InChI is InChI=1S/C13H19N3O2/c1-10(2)9-16(7-3-6-14)13(17)12-5-4-11(8-15)18-12/h4-5,10H,3,7-9,15H2,1-2H3. The molecule has 5 nitrogen and oxygen atoms in total. The summed E-state index contributed by atoms with van der Waals surface area (Å²) in [5.74, 6) is 1.03. The predicted molar refractivity (Wildman–Crippen MR) is 67.6 cm³/mol. The van der Waals surface area contributed by atoms with E-state index in [-0.39, 0.29) is 18.2 Å². The smallest absolute Gasteiger partial charge is 0.289 e. The zero-order valence-corrected chi connectivity index (χ0v) is 10.8. The van der Waals surface area contributed by atoms with E-state index in [2.05, 4.69) is 0 Å². The second-order valence-electron chi connectivity index (χ2n) is 4.52. The van der Waals surface area contributed by atoms with Gasteiger partial charge in [-0.05, 0) is 18.1 Å². The minimum atomic E-state index is -0.182. The average Bonchev–Trinajstić information content (AvgIpc) is 2.81. The van der Waals surface area contributed by atoms with Gasteiger partial charge in [0, 0.05) is 13.1 Å². The van der Waals surface area contributed by atoms with Crippen molar-refractivity contribution in [3.63, 3.8) is 0 Å². The molecule has 0 fully saturated rings. The molecule has 0 aliphatic carbocycles. The van der Waals surface area contributed by atoms with E-state index in [0.717, 1.165) is 0 Å². The molecule has 0 aliphatic heterocycles. The van der Waals surface area contributed by atoms with Gasteiger partial charge < -0.3 is 15.1 Å². The van der Waals surface area contributed by atoms with Gasteiger partial charge in [-0.25, -0.2) is 0 Å². The van der Waals surface area contributed by atoms with Crippen molar-refractivity contribution in [3.8, 4) is 6.07 Å². The minimum Gasteiger partial charge on any atom is -0.455 e. The Morgan fingerprint density at radius 2 is 2.28 bits per heavy atom. The van der Waals surface area contributed by atoms with E-state index in [1.54, 1.807) is 17.0 Å². The van der Waals surface area contributed by atoms with Crippen LogP contribution in [0.15, 0.2) is 16.5 Å². The first-order valence-electron chi connectivity index (χ1n) is 6.03. The van der Waals surface area contributed by atoms with E-state index in [1.807, 2.05) is 19.9 Å². The molecule has 98 valence electrons. The molecule has 0 aliphatic rings. The van der Waals surface area contributed by atoms with Crippen molar-refractivity contribution in [1.29, 1.82) is 5.26 Å². The number of carbonyl (C=O) groups excluding carboxylic acids is 1. The topological polar surface area (TPSA) is 83.3 Å². The van der Waals surface area contributed by atoms with Crippen molar-refractivity contribution >= 4 is 5.91 Å². The Balaban J connectivity index is 2.77. The molecule has 1 heterocycles. The molecule has 0 aromatic carbocycles. The van der Waals surface area contributed by atoms with Gasteiger partial charge in [0.2, 0.25) is 0 Å². The van der Waals surface area contributed by atoms with Gasteiger partial charge >= 0.3 is 0 Å². The highest BCUT2D eigenvalue weighted by Crippen LogP contribution is 2.12. The first kappa shape index (κ1) is 14.3. The van der Waals surface area contributed by atoms with Gasteiger partial charge in [-0.3, -0.25) is 4.79 Å². The molecule has 0 saturated carbocycles. The molecule has 0 radical (unpaired) electrons. The zero-order chi connectivity index (χ0) is 13.5. The van der Waals surface area contributed by atoms with Crippen LogP contribution in [0.4, 0.5) is 0 Å². The number of carbonyl (C=O) groups is 1. The Bertz CT molecular complexity index is 432. The SMILES string of the molecule is CC(C)CN(CCC#N)C(=O)c1ccc(CN)o1. The van der Waals surface area contributed by atoms with Crippen LogP contribution < -0.4 is 5.73 Å². The third-order valence-corrected chi connectivity index (χ3v) is 2.44. The lowest BCUT2D eigenvalue weighted by Gasteiger charge is -2.22. The summed E-state index contributed by atoms with van der Waals surface area (Å²) >= 11 is 0. The van der Waals surface area contributed by atoms with Crippen molar-refractivity contribution in [3.05, 3.63) is 23.7 Å². The number of amides is 1. The van der Waals surface area contributed by atoms with E-state index in [0.29, 0.717) is 31.2 Å². The highest BCUT2D eigenvalue weighted by atomic mass is 16.4. The third kappa shape index (κ3) is 3.90. The van der Waals surface area contributed by atoms with Crippen molar-refractivity contribution in [1.82, 2.24) is 4.90 Å². The fraction of sp³-hybridized carbons (Fsp3) is 0.538. The molecule has 0 unspecified atom stereocenters. The Morgan fingerprint density at radius 1 is 1.56 bits per heavy atom. The van der Waals surface area contributed by atoms with E-state index in [4.69, 9.17) is 15.4 Å². The summed E-state index contributed by atoms with van der Waals surface area (Å²) in [6.07, 6.45) is 0.322. The second-order valence-corrected chi connectivity index (χ2v) is 4.52. The summed E-state index contributed by atoms with van der Waals surface area (Å²) in [6.45, 7) is 5.36. The summed E-state index contributed by atoms with van der Waals surface area (Å²) in [5, 5.41) is 8.62. The van der Waals surface area contributed by atoms with Crippen LogP contribution in [0.1, 0.15) is 36.6 Å². The molecule has 0 spiro atoms. The largest absolute Gasteiger partial charge is 0.455 e. The van der Waals surface area contributed by atoms with Gasteiger partial charge in [0.25, 0.3) is 5.91 Å². The van der Waals surface area contributed by atoms with Gasteiger partial charge in [-0.2, -0.15) is 5.26 Å². The number of nitrogens with zero attached hydrogens (tertiary/aromatic N) is 2. The minimum absolute atomic E-state index is 0.182. The van der Waals surface area contributed by atoms with Crippen LogP contribution in [0.3, 0.4) is 0 Å². The van der Waals surface area contributed by atoms with Gasteiger partial charge in [0.1, 0.15) is 5.76 Å². The second kappa shape index (κ2) is 6.82. The number of furan rings is 1. The molecular weight excluding hydrogens is 230 g/mol. The first-order chi connectivity index (χ1) is 8.58. The van der Waals surface area contributed by atoms with E-state index >= 15 is 0 Å². The molecular formula is C13H19N3O2. The normalized spacial score (nSPS) is 10.4. The fourth-order valence-electron chi connectivity index (χ4n) is 1.66. The third-order valence-electron chi connectivity index (χ3n) is 2.44. The van der Waals surface area contributed by atoms with E-state index < -0.39 is 0 Å². The predicted octanol–water partition coefficient (Wildman–Crippen LogP) is 1.75. The van der Waals surface area contributed by atoms with Crippen LogP contribution in [-0.4, -0.2) is 23.9 Å². The Morgan fingerprint density at radius 3 is 2.78 bits per heavy atom. The maximum Gasteiger partial charge on any atom is 0.289 e. The van der Waals surface area contributed by atoms with Crippen LogP contribution in [0.2, 0.25) is 0 Å². The quantitative estimate of drug-likeness (QED) is 0.832. The lowest BCUT2D eigenvalue weighted by molar-refractivity contribution is 0.0706. The van der Waals surface area contributed by atoms with Crippen LogP contribution in [-0.2, 0) is 6.54 Å². The summed E-state index contributed by atoms with van der Waals surface area (Å²) in [4.78, 5) is 13.8. The highest BCUT2D eigenvalue weighted by molar-refractivity contribution is 5.91. The molecule has 1 amide bonds. The van der Waals surface area contributed by atoms with Gasteiger partial charge in [0.15, 0.2) is 5.76 Å².